The first-order valence-corrected chi connectivity index (χ1v) is 9.88. The van der Waals surface area contributed by atoms with Crippen molar-refractivity contribution in [2.45, 2.75) is 32.7 Å². The van der Waals surface area contributed by atoms with Crippen molar-refractivity contribution in [2.75, 3.05) is 26.2 Å². The minimum atomic E-state index is -0.823. The van der Waals surface area contributed by atoms with E-state index in [0.29, 0.717) is 30.9 Å². The molecule has 29 heavy (non-hydrogen) atoms. The summed E-state index contributed by atoms with van der Waals surface area (Å²) in [6.07, 6.45) is 2.83. The molecule has 2 saturated heterocycles. The van der Waals surface area contributed by atoms with E-state index >= 15 is 0 Å². The lowest BCUT2D eigenvalue weighted by Gasteiger charge is -2.40. The van der Waals surface area contributed by atoms with Gasteiger partial charge in [0, 0.05) is 44.1 Å². The maximum absolute atomic E-state index is 14.1. The molecule has 0 radical (unpaired) electrons. The van der Waals surface area contributed by atoms with Gasteiger partial charge in [-0.1, -0.05) is 12.1 Å². The highest BCUT2D eigenvalue weighted by molar-refractivity contribution is 5.97. The number of likely N-dealkylation sites (tertiary alicyclic amines) is 2. The van der Waals surface area contributed by atoms with Crippen molar-refractivity contribution in [2.24, 2.45) is 5.41 Å². The van der Waals surface area contributed by atoms with E-state index in [1.807, 2.05) is 0 Å². The second-order valence-electron chi connectivity index (χ2n) is 8.23. The number of piperidine rings is 1. The molecule has 1 aromatic carbocycles. The highest BCUT2D eigenvalue weighted by atomic mass is 19.2. The minimum absolute atomic E-state index is 0.0405. The second-order valence-corrected chi connectivity index (χ2v) is 8.23. The van der Waals surface area contributed by atoms with Crippen LogP contribution in [0.25, 0.3) is 0 Å². The number of nitrogens with one attached hydrogen (secondary N) is 1. The number of ketones is 1. The normalized spacial score (nSPS) is 22.4. The molecule has 3 heterocycles. The lowest BCUT2D eigenvalue weighted by atomic mass is 9.79. The largest absolute Gasteiger partial charge is 0.337 e. The summed E-state index contributed by atoms with van der Waals surface area (Å²) in [5.41, 5.74) is 0.897. The molecule has 0 saturated carbocycles. The number of aromatic nitrogens is 2. The highest BCUT2D eigenvalue weighted by Gasteiger charge is 2.43. The van der Waals surface area contributed by atoms with Gasteiger partial charge in [0.25, 0.3) is 5.91 Å². The molecular weight excluding hydrogens is 378 g/mol. The SMILES string of the molecule is CC(=O)c1cc(C(=O)N2CC[C@]3(CCCN(Cc4cccc(F)c4F)C3)C2)[nH]n1. The first kappa shape index (κ1) is 19.7. The van der Waals surface area contributed by atoms with Crippen LogP contribution in [0.5, 0.6) is 0 Å². The Morgan fingerprint density at radius 1 is 1.21 bits per heavy atom. The topological polar surface area (TPSA) is 69.3 Å². The number of hydrogen-bond donors (Lipinski definition) is 1. The first-order chi connectivity index (χ1) is 13.9. The number of benzene rings is 1. The molecule has 1 aromatic heterocycles. The Hall–Kier alpha value is -2.61. The minimum Gasteiger partial charge on any atom is -0.337 e. The van der Waals surface area contributed by atoms with Gasteiger partial charge in [0.1, 0.15) is 11.4 Å². The van der Waals surface area contributed by atoms with Crippen LogP contribution in [0, 0.1) is 17.0 Å². The smallest absolute Gasteiger partial charge is 0.271 e. The zero-order valence-corrected chi connectivity index (χ0v) is 16.4. The predicted octanol–water partition coefficient (Wildman–Crippen LogP) is 3.02. The number of rotatable bonds is 4. The molecule has 4 rings (SSSR count). The number of hydrogen-bond acceptors (Lipinski definition) is 4. The Labute approximate surface area is 167 Å². The molecule has 2 aromatic rings. The third-order valence-electron chi connectivity index (χ3n) is 6.06. The first-order valence-electron chi connectivity index (χ1n) is 9.88. The van der Waals surface area contributed by atoms with Crippen molar-refractivity contribution in [3.63, 3.8) is 0 Å². The van der Waals surface area contributed by atoms with Crippen molar-refractivity contribution in [1.29, 1.82) is 0 Å². The van der Waals surface area contributed by atoms with Crippen molar-refractivity contribution in [1.82, 2.24) is 20.0 Å². The van der Waals surface area contributed by atoms with Crippen LogP contribution in [0.2, 0.25) is 0 Å². The van der Waals surface area contributed by atoms with E-state index in [9.17, 15) is 18.4 Å². The lowest BCUT2D eigenvalue weighted by molar-refractivity contribution is 0.0668. The molecule has 0 bridgehead atoms. The number of nitrogens with zero attached hydrogens (tertiary/aromatic N) is 3. The Kier molecular flexibility index (Phi) is 5.21. The van der Waals surface area contributed by atoms with Gasteiger partial charge in [-0.15, -0.1) is 0 Å². The van der Waals surface area contributed by atoms with E-state index in [-0.39, 0.29) is 22.8 Å². The van der Waals surface area contributed by atoms with E-state index in [0.717, 1.165) is 38.4 Å². The summed E-state index contributed by atoms with van der Waals surface area (Å²) in [4.78, 5) is 28.2. The van der Waals surface area contributed by atoms with Gasteiger partial charge < -0.3 is 4.90 Å². The second kappa shape index (κ2) is 7.67. The van der Waals surface area contributed by atoms with Crippen molar-refractivity contribution in [3.8, 4) is 0 Å². The fourth-order valence-corrected chi connectivity index (χ4v) is 4.58. The van der Waals surface area contributed by atoms with E-state index in [2.05, 4.69) is 15.1 Å². The fourth-order valence-electron chi connectivity index (χ4n) is 4.58. The Morgan fingerprint density at radius 2 is 2.03 bits per heavy atom. The van der Waals surface area contributed by atoms with Crippen LogP contribution in [-0.2, 0) is 6.54 Å². The summed E-state index contributed by atoms with van der Waals surface area (Å²) >= 11 is 0. The molecule has 2 aliphatic heterocycles. The van der Waals surface area contributed by atoms with Gasteiger partial charge in [-0.3, -0.25) is 19.6 Å². The molecule has 6 nitrogen and oxygen atoms in total. The monoisotopic (exact) mass is 402 g/mol. The molecule has 2 fully saturated rings. The van der Waals surface area contributed by atoms with Gasteiger partial charge in [-0.25, -0.2) is 8.78 Å². The van der Waals surface area contributed by atoms with Crippen LogP contribution in [0.15, 0.2) is 24.3 Å². The van der Waals surface area contributed by atoms with Crippen LogP contribution in [-0.4, -0.2) is 57.9 Å². The fraction of sp³-hybridized carbons (Fsp3) is 0.476. The molecule has 1 N–H and O–H groups in total. The summed E-state index contributed by atoms with van der Waals surface area (Å²) in [5.74, 6) is -1.95. The average molecular weight is 402 g/mol. The number of H-pyrrole nitrogens is 1. The molecule has 1 atom stereocenters. The van der Waals surface area contributed by atoms with E-state index in [1.54, 1.807) is 11.0 Å². The molecule has 154 valence electrons. The molecule has 8 heteroatoms. The zero-order chi connectivity index (χ0) is 20.6. The van der Waals surface area contributed by atoms with Gasteiger partial charge >= 0.3 is 0 Å². The van der Waals surface area contributed by atoms with Gasteiger partial charge in [0.2, 0.25) is 0 Å². The number of carbonyl (C=O) groups excluding carboxylic acids is 2. The Morgan fingerprint density at radius 3 is 2.79 bits per heavy atom. The van der Waals surface area contributed by atoms with Crippen molar-refractivity contribution >= 4 is 11.7 Å². The number of carbonyl (C=O) groups is 2. The summed E-state index contributed by atoms with van der Waals surface area (Å²) in [5, 5.41) is 6.55. The van der Waals surface area contributed by atoms with Gasteiger partial charge in [-0.05, 0) is 37.9 Å². The average Bonchev–Trinajstić information content (AvgIpc) is 3.33. The molecular formula is C21H24F2N4O2. The van der Waals surface area contributed by atoms with Gasteiger partial charge in [-0.2, -0.15) is 5.10 Å². The summed E-state index contributed by atoms with van der Waals surface area (Å²) in [6, 6.07) is 5.78. The maximum atomic E-state index is 14.1. The Balaban J connectivity index is 1.43. The molecule has 0 aliphatic carbocycles. The van der Waals surface area contributed by atoms with E-state index < -0.39 is 11.6 Å². The zero-order valence-electron chi connectivity index (χ0n) is 16.4. The van der Waals surface area contributed by atoms with Crippen LogP contribution in [0.1, 0.15) is 52.7 Å². The molecule has 0 unspecified atom stereocenters. The third-order valence-corrected chi connectivity index (χ3v) is 6.06. The third kappa shape index (κ3) is 3.94. The van der Waals surface area contributed by atoms with Crippen LogP contribution >= 0.6 is 0 Å². The lowest BCUT2D eigenvalue weighted by Crippen LogP contribution is -2.45. The molecule has 1 amide bonds. The van der Waals surface area contributed by atoms with E-state index in [1.165, 1.54) is 19.1 Å². The van der Waals surface area contributed by atoms with Crippen molar-refractivity contribution in [3.05, 3.63) is 52.9 Å². The quantitative estimate of drug-likeness (QED) is 0.799. The predicted molar refractivity (Wildman–Crippen MR) is 102 cm³/mol. The van der Waals surface area contributed by atoms with Crippen LogP contribution in [0.4, 0.5) is 8.78 Å². The van der Waals surface area contributed by atoms with Gasteiger partial charge in [0.05, 0.1) is 0 Å². The summed E-state index contributed by atoms with van der Waals surface area (Å²) < 4.78 is 27.6. The number of Topliss-reactive ketones (excluding diaryl/α,β-unsaturated/α-hetero) is 1. The van der Waals surface area contributed by atoms with Crippen LogP contribution in [0.3, 0.4) is 0 Å². The van der Waals surface area contributed by atoms with Gasteiger partial charge in [0.15, 0.2) is 17.4 Å². The Bertz CT molecular complexity index is 945. The highest BCUT2D eigenvalue weighted by Crippen LogP contribution is 2.39. The molecule has 1 spiro atoms. The molecule has 2 aliphatic rings. The summed E-state index contributed by atoms with van der Waals surface area (Å²) in [6.45, 7) is 4.59. The standard InChI is InChI=1S/C21H24F2N4O2/c1-14(28)17-10-18(25-24-17)20(29)27-9-7-21(13-27)6-3-8-26(12-21)11-15-4-2-5-16(22)19(15)23/h2,4-5,10H,3,6-9,11-13H2,1H3,(H,24,25)/t21-/m0/s1. The number of aromatic amines is 1. The van der Waals surface area contributed by atoms with E-state index in [4.69, 9.17) is 0 Å². The number of amides is 1. The summed E-state index contributed by atoms with van der Waals surface area (Å²) in [7, 11) is 0. The van der Waals surface area contributed by atoms with Crippen molar-refractivity contribution < 1.29 is 18.4 Å². The number of halogens is 2. The maximum Gasteiger partial charge on any atom is 0.271 e. The van der Waals surface area contributed by atoms with Crippen LogP contribution < -0.4 is 0 Å².